The fourth-order valence-corrected chi connectivity index (χ4v) is 5.87. The maximum absolute atomic E-state index is 13.4. The van der Waals surface area contributed by atoms with Crippen LogP contribution in [-0.4, -0.2) is 60.9 Å². The first-order chi connectivity index (χ1) is 19.0. The Bertz CT molecular complexity index is 1710. The summed E-state index contributed by atoms with van der Waals surface area (Å²) >= 11 is 7.68. The van der Waals surface area contributed by atoms with Crippen LogP contribution < -0.4 is 10.9 Å². The third-order valence-corrected chi connectivity index (χ3v) is 7.95. The van der Waals surface area contributed by atoms with Crippen LogP contribution in [0, 0.1) is 0 Å². The molecular formula is C26H23ClN8O3S. The average Bonchev–Trinajstić information content (AvgIpc) is 3.74. The lowest BCUT2D eigenvalue weighted by atomic mass is 10.0. The van der Waals surface area contributed by atoms with Crippen LogP contribution in [0.3, 0.4) is 0 Å². The molecule has 1 atom stereocenters. The molecule has 0 saturated heterocycles. The van der Waals surface area contributed by atoms with Crippen molar-refractivity contribution in [2.45, 2.75) is 18.9 Å². The number of amides is 1. The van der Waals surface area contributed by atoms with Crippen molar-refractivity contribution in [3.05, 3.63) is 86.8 Å². The van der Waals surface area contributed by atoms with Crippen LogP contribution in [0.2, 0.25) is 5.02 Å². The fourth-order valence-electron chi connectivity index (χ4n) is 4.81. The van der Waals surface area contributed by atoms with E-state index in [9.17, 15) is 9.59 Å². The fraction of sp³-hybridized carbons (Fsp3) is 0.231. The van der Waals surface area contributed by atoms with E-state index in [4.69, 9.17) is 16.3 Å². The first-order valence-corrected chi connectivity index (χ1v) is 13.4. The number of aromatic amines is 1. The molecule has 0 aliphatic carbocycles. The van der Waals surface area contributed by atoms with Crippen molar-refractivity contribution in [2.24, 2.45) is 0 Å². The summed E-state index contributed by atoms with van der Waals surface area (Å²) in [6, 6.07) is 12.5. The van der Waals surface area contributed by atoms with Gasteiger partial charge in [0.05, 0.1) is 40.0 Å². The van der Waals surface area contributed by atoms with Gasteiger partial charge in [-0.05, 0) is 65.2 Å². The third-order valence-electron chi connectivity index (χ3n) is 6.60. The van der Waals surface area contributed by atoms with Crippen molar-refractivity contribution >= 4 is 28.8 Å². The molecule has 1 amide bonds. The number of aryl methyl sites for hydroxylation is 1. The molecule has 1 aliphatic rings. The lowest BCUT2D eigenvalue weighted by Crippen LogP contribution is -2.26. The van der Waals surface area contributed by atoms with Crippen LogP contribution in [-0.2, 0) is 11.2 Å². The summed E-state index contributed by atoms with van der Waals surface area (Å²) in [7, 11) is 1.59. The standard InChI is InChI=1S/C26H23ClN8O3S/c1-38-9-8-28-26(37)23-7-6-22(39-23)19-13-29-25(31-19)21-5-3-17-10-15(11-24(36)35(17)21)18-12-16(27)2-4-20(18)34-14-30-32-33-34/h2,4,6-7,10-14,21H,3,5,8-9H2,1H3,(H,28,37)(H,29,31)/t21-/m0/s1. The number of carbonyl (C=O) groups is 1. The minimum Gasteiger partial charge on any atom is -0.383 e. The molecule has 1 aliphatic heterocycles. The van der Waals surface area contributed by atoms with Gasteiger partial charge in [0.25, 0.3) is 11.5 Å². The van der Waals surface area contributed by atoms with E-state index < -0.39 is 0 Å². The molecule has 39 heavy (non-hydrogen) atoms. The normalized spacial score (nSPS) is 14.5. The zero-order valence-corrected chi connectivity index (χ0v) is 22.4. The number of ether oxygens (including phenoxy) is 1. The summed E-state index contributed by atoms with van der Waals surface area (Å²) in [5, 5.41) is 14.8. The second-order valence-electron chi connectivity index (χ2n) is 9.01. The van der Waals surface area contributed by atoms with Crippen LogP contribution in [0.4, 0.5) is 0 Å². The molecule has 5 heterocycles. The Hall–Kier alpha value is -4.13. The molecule has 1 aromatic carbocycles. The van der Waals surface area contributed by atoms with Crippen molar-refractivity contribution in [3.63, 3.8) is 0 Å². The highest BCUT2D eigenvalue weighted by Gasteiger charge is 2.28. The molecular weight excluding hydrogens is 540 g/mol. The average molecular weight is 563 g/mol. The SMILES string of the molecule is COCCNC(=O)c1ccc(-c2cnc([C@@H]3CCc4cc(-c5cc(Cl)ccc5-n5cnnn5)cc(=O)n43)[nH]2)s1. The van der Waals surface area contributed by atoms with E-state index >= 15 is 0 Å². The van der Waals surface area contributed by atoms with E-state index in [1.165, 1.54) is 17.7 Å². The smallest absolute Gasteiger partial charge is 0.261 e. The van der Waals surface area contributed by atoms with Crippen LogP contribution in [0.15, 0.2) is 59.8 Å². The van der Waals surface area contributed by atoms with Gasteiger partial charge in [-0.25, -0.2) is 4.98 Å². The Balaban J connectivity index is 1.27. The lowest BCUT2D eigenvalue weighted by molar-refractivity contribution is 0.0941. The number of halogens is 1. The minimum absolute atomic E-state index is 0.128. The van der Waals surface area contributed by atoms with Gasteiger partial charge in [0.2, 0.25) is 0 Å². The Morgan fingerprint density at radius 3 is 2.97 bits per heavy atom. The largest absolute Gasteiger partial charge is 0.383 e. The van der Waals surface area contributed by atoms with Crippen molar-refractivity contribution in [2.75, 3.05) is 20.3 Å². The highest BCUT2D eigenvalue weighted by Crippen LogP contribution is 2.35. The highest BCUT2D eigenvalue weighted by atomic mass is 35.5. The molecule has 0 bridgehead atoms. The first kappa shape index (κ1) is 25.2. The maximum Gasteiger partial charge on any atom is 0.261 e. The van der Waals surface area contributed by atoms with Crippen molar-refractivity contribution in [1.82, 2.24) is 40.1 Å². The van der Waals surface area contributed by atoms with Gasteiger partial charge in [-0.3, -0.25) is 9.59 Å². The molecule has 0 unspecified atom stereocenters. The highest BCUT2D eigenvalue weighted by molar-refractivity contribution is 7.17. The van der Waals surface area contributed by atoms with E-state index in [1.54, 1.807) is 40.8 Å². The molecule has 0 saturated carbocycles. The van der Waals surface area contributed by atoms with Gasteiger partial charge in [-0.1, -0.05) is 11.6 Å². The number of tetrazole rings is 1. The lowest BCUT2D eigenvalue weighted by Gasteiger charge is -2.15. The second-order valence-corrected chi connectivity index (χ2v) is 10.5. The van der Waals surface area contributed by atoms with Crippen LogP contribution in [0.1, 0.15) is 33.7 Å². The summed E-state index contributed by atoms with van der Waals surface area (Å²) < 4.78 is 8.31. The molecule has 4 aromatic heterocycles. The number of fused-ring (bicyclic) bond motifs is 1. The van der Waals surface area contributed by atoms with Crippen molar-refractivity contribution in [3.8, 4) is 27.4 Å². The Labute approximate surface area is 231 Å². The third kappa shape index (κ3) is 4.89. The van der Waals surface area contributed by atoms with Crippen LogP contribution >= 0.6 is 22.9 Å². The first-order valence-electron chi connectivity index (χ1n) is 12.2. The number of carbonyl (C=O) groups excluding carboxylic acids is 1. The quantitative estimate of drug-likeness (QED) is 0.276. The van der Waals surface area contributed by atoms with Gasteiger partial charge >= 0.3 is 0 Å². The zero-order chi connectivity index (χ0) is 26.9. The van der Waals surface area contributed by atoms with Crippen LogP contribution in [0.5, 0.6) is 0 Å². The number of thiophene rings is 1. The number of rotatable bonds is 8. The van der Waals surface area contributed by atoms with Gasteiger partial charge in [-0.15, -0.1) is 16.4 Å². The van der Waals surface area contributed by atoms with Crippen molar-refractivity contribution in [1.29, 1.82) is 0 Å². The molecule has 11 nitrogen and oxygen atoms in total. The van der Waals surface area contributed by atoms with Gasteiger partial charge < -0.3 is 19.6 Å². The van der Waals surface area contributed by atoms with E-state index in [0.29, 0.717) is 28.9 Å². The number of nitrogens with zero attached hydrogens (tertiary/aromatic N) is 6. The molecule has 6 rings (SSSR count). The van der Waals surface area contributed by atoms with Gasteiger partial charge in [0, 0.05) is 36.0 Å². The Morgan fingerprint density at radius 2 is 2.15 bits per heavy atom. The Morgan fingerprint density at radius 1 is 1.26 bits per heavy atom. The molecule has 198 valence electrons. The van der Waals surface area contributed by atoms with Gasteiger partial charge in [0.1, 0.15) is 12.2 Å². The minimum atomic E-state index is -0.217. The number of imidazole rings is 1. The number of H-pyrrole nitrogens is 1. The van der Waals surface area contributed by atoms with Crippen molar-refractivity contribution < 1.29 is 9.53 Å². The van der Waals surface area contributed by atoms with E-state index in [2.05, 4.69) is 30.8 Å². The number of hydrogen-bond acceptors (Lipinski definition) is 8. The number of aromatic nitrogens is 7. The number of hydrogen-bond donors (Lipinski definition) is 2. The molecule has 0 fully saturated rings. The molecule has 13 heteroatoms. The topological polar surface area (TPSA) is 133 Å². The maximum atomic E-state index is 13.4. The molecule has 0 radical (unpaired) electrons. The summed E-state index contributed by atoms with van der Waals surface area (Å²) in [4.78, 5) is 35.2. The number of methoxy groups -OCH3 is 1. The number of nitrogens with one attached hydrogen (secondary N) is 2. The van der Waals surface area contributed by atoms with E-state index in [0.717, 1.165) is 45.9 Å². The number of benzene rings is 1. The summed E-state index contributed by atoms with van der Waals surface area (Å²) in [6.07, 6.45) is 4.70. The van der Waals surface area contributed by atoms with Gasteiger partial charge in [-0.2, -0.15) is 4.68 Å². The summed E-state index contributed by atoms with van der Waals surface area (Å²) in [5.74, 6) is 0.563. The predicted molar refractivity (Wildman–Crippen MR) is 146 cm³/mol. The number of pyridine rings is 1. The monoisotopic (exact) mass is 562 g/mol. The zero-order valence-electron chi connectivity index (χ0n) is 20.8. The molecule has 5 aromatic rings. The second kappa shape index (κ2) is 10.6. The Kier molecular flexibility index (Phi) is 6.81. The van der Waals surface area contributed by atoms with Crippen LogP contribution in [0.25, 0.3) is 27.4 Å². The van der Waals surface area contributed by atoms with E-state index in [1.807, 2.05) is 24.3 Å². The molecule has 0 spiro atoms. The molecule has 2 N–H and O–H groups in total. The van der Waals surface area contributed by atoms with Gasteiger partial charge in [0.15, 0.2) is 0 Å². The predicted octanol–water partition coefficient (Wildman–Crippen LogP) is 3.51. The van der Waals surface area contributed by atoms with E-state index in [-0.39, 0.29) is 17.5 Å². The summed E-state index contributed by atoms with van der Waals surface area (Å²) in [6.45, 7) is 0.905. The summed E-state index contributed by atoms with van der Waals surface area (Å²) in [5.41, 5.74) is 3.82.